The van der Waals surface area contributed by atoms with E-state index in [4.69, 9.17) is 0 Å². The van der Waals surface area contributed by atoms with Crippen molar-refractivity contribution >= 4 is 11.6 Å². The number of hydrogen-bond acceptors (Lipinski definition) is 2. The van der Waals surface area contributed by atoms with Crippen molar-refractivity contribution in [1.82, 2.24) is 5.32 Å². The van der Waals surface area contributed by atoms with Crippen LogP contribution in [0.25, 0.3) is 0 Å². The number of carbonyl (C=O) groups is 1. The van der Waals surface area contributed by atoms with Gasteiger partial charge in [0.15, 0.2) is 0 Å². The topological polar surface area (TPSA) is 32.3 Å². The van der Waals surface area contributed by atoms with Gasteiger partial charge in [-0.1, -0.05) is 18.2 Å². The molecule has 0 aliphatic heterocycles. The Balaban J connectivity index is 1.44. The van der Waals surface area contributed by atoms with Gasteiger partial charge in [0.1, 0.15) is 0 Å². The zero-order valence-corrected chi connectivity index (χ0v) is 12.8. The summed E-state index contributed by atoms with van der Waals surface area (Å²) in [7, 11) is 4.04. The molecule has 0 spiro atoms. The van der Waals surface area contributed by atoms with Crippen LogP contribution >= 0.6 is 0 Å². The van der Waals surface area contributed by atoms with Crippen molar-refractivity contribution in [3.05, 3.63) is 75.9 Å². The molecule has 1 saturated carbocycles. The van der Waals surface area contributed by atoms with Crippen molar-refractivity contribution < 1.29 is 4.79 Å². The number of nitrogens with one attached hydrogen (secondary N) is 1. The summed E-state index contributed by atoms with van der Waals surface area (Å²) in [5.74, 6) is 0.0108. The molecule has 3 heteroatoms. The van der Waals surface area contributed by atoms with Gasteiger partial charge in [0, 0.05) is 31.9 Å². The Bertz CT molecular complexity index is 789. The first-order valence-electron chi connectivity index (χ1n) is 7.55. The molecule has 1 aromatic rings. The molecule has 3 nitrogen and oxygen atoms in total. The van der Waals surface area contributed by atoms with Gasteiger partial charge in [0.05, 0.1) is 0 Å². The van der Waals surface area contributed by atoms with E-state index in [1.165, 1.54) is 16.7 Å². The van der Waals surface area contributed by atoms with Crippen molar-refractivity contribution in [1.29, 1.82) is 0 Å². The first kappa shape index (κ1) is 13.1. The second-order valence-electron chi connectivity index (χ2n) is 6.14. The standard InChI is InChI=1S/C19H18N2O/c1-21(2)14-5-3-12(4-6-14)11-20-19(22)16-8-7-15-17-9-13(17)10-18(15)16/h3-8,10H,9,11H2,1-2H3,(H,20,22). The number of anilines is 1. The highest BCUT2D eigenvalue weighted by atomic mass is 16.1. The van der Waals surface area contributed by atoms with Crippen molar-refractivity contribution in [3.63, 3.8) is 0 Å². The van der Waals surface area contributed by atoms with Gasteiger partial charge in [-0.25, -0.2) is 0 Å². The normalized spacial score (nSPS) is 17.5. The number of fused-ring (bicyclic) bond motifs is 2. The lowest BCUT2D eigenvalue weighted by molar-refractivity contribution is -0.117. The van der Waals surface area contributed by atoms with Crippen molar-refractivity contribution in [2.45, 2.75) is 13.0 Å². The number of rotatable bonds is 4. The molecular formula is C19H18N2O. The number of carbonyl (C=O) groups excluding carboxylic acids is 1. The molecule has 3 aliphatic carbocycles. The van der Waals surface area contributed by atoms with Crippen LogP contribution in [0.15, 0.2) is 70.4 Å². The summed E-state index contributed by atoms with van der Waals surface area (Å²) in [5.41, 5.74) is 8.26. The van der Waals surface area contributed by atoms with E-state index in [-0.39, 0.29) is 5.91 Å². The number of nitrogens with zero attached hydrogens (tertiary/aromatic N) is 1. The first-order valence-corrected chi connectivity index (χ1v) is 7.55. The molecule has 0 aromatic heterocycles. The van der Waals surface area contributed by atoms with Gasteiger partial charge in [-0.15, -0.1) is 0 Å². The molecule has 1 aromatic carbocycles. The lowest BCUT2D eigenvalue weighted by atomic mass is 10.1. The summed E-state index contributed by atoms with van der Waals surface area (Å²) in [5, 5.41) is 3.02. The monoisotopic (exact) mass is 290 g/mol. The molecule has 1 N–H and O–H groups in total. The van der Waals surface area contributed by atoms with Gasteiger partial charge in [-0.2, -0.15) is 0 Å². The second kappa shape index (κ2) is 4.73. The van der Waals surface area contributed by atoms with Crippen LogP contribution in [0.5, 0.6) is 0 Å². The van der Waals surface area contributed by atoms with Gasteiger partial charge in [0.2, 0.25) is 0 Å². The lowest BCUT2D eigenvalue weighted by Crippen LogP contribution is -2.24. The van der Waals surface area contributed by atoms with Crippen LogP contribution in [0.2, 0.25) is 0 Å². The predicted octanol–water partition coefficient (Wildman–Crippen LogP) is 2.88. The lowest BCUT2D eigenvalue weighted by Gasteiger charge is -2.13. The quantitative estimate of drug-likeness (QED) is 0.925. The molecule has 0 heterocycles. The van der Waals surface area contributed by atoms with E-state index in [9.17, 15) is 4.79 Å². The van der Waals surface area contributed by atoms with Crippen LogP contribution in [0.3, 0.4) is 0 Å². The molecule has 4 rings (SSSR count). The average molecular weight is 290 g/mol. The maximum Gasteiger partial charge on any atom is 0.252 e. The van der Waals surface area contributed by atoms with E-state index in [0.717, 1.165) is 28.8 Å². The minimum atomic E-state index is 0.0108. The fourth-order valence-corrected chi connectivity index (χ4v) is 3.02. The summed E-state index contributed by atoms with van der Waals surface area (Å²) >= 11 is 0. The Morgan fingerprint density at radius 1 is 1.14 bits per heavy atom. The molecule has 0 atom stereocenters. The van der Waals surface area contributed by atoms with Gasteiger partial charge in [-0.3, -0.25) is 4.79 Å². The van der Waals surface area contributed by atoms with Crippen LogP contribution in [-0.4, -0.2) is 20.0 Å². The summed E-state index contributed by atoms with van der Waals surface area (Å²) in [6.45, 7) is 0.555. The van der Waals surface area contributed by atoms with E-state index in [2.05, 4.69) is 46.6 Å². The summed E-state index contributed by atoms with van der Waals surface area (Å²) in [6, 6.07) is 8.24. The Morgan fingerprint density at radius 3 is 2.64 bits per heavy atom. The molecule has 22 heavy (non-hydrogen) atoms. The molecule has 1 fully saturated rings. The summed E-state index contributed by atoms with van der Waals surface area (Å²) in [4.78, 5) is 14.4. The number of amides is 1. The molecule has 110 valence electrons. The van der Waals surface area contributed by atoms with Crippen molar-refractivity contribution in [2.75, 3.05) is 19.0 Å². The van der Waals surface area contributed by atoms with Crippen molar-refractivity contribution in [3.8, 4) is 0 Å². The SMILES string of the molecule is CN(C)c1ccc(CNC(=O)C2=C3C=C4CC4=C3C=C2)cc1. The Labute approximate surface area is 130 Å². The summed E-state index contributed by atoms with van der Waals surface area (Å²) < 4.78 is 0. The largest absolute Gasteiger partial charge is 0.378 e. The second-order valence-corrected chi connectivity index (χ2v) is 6.14. The van der Waals surface area contributed by atoms with Crippen LogP contribution in [0.1, 0.15) is 12.0 Å². The maximum atomic E-state index is 12.4. The van der Waals surface area contributed by atoms with Crippen LogP contribution in [0, 0.1) is 0 Å². The van der Waals surface area contributed by atoms with E-state index < -0.39 is 0 Å². The highest BCUT2D eigenvalue weighted by molar-refractivity contribution is 6.01. The first-order chi connectivity index (χ1) is 10.6. The average Bonchev–Trinajstić information content (AvgIpc) is 3.00. The highest BCUT2D eigenvalue weighted by Gasteiger charge is 2.35. The smallest absolute Gasteiger partial charge is 0.252 e. The van der Waals surface area contributed by atoms with Crippen molar-refractivity contribution in [2.24, 2.45) is 0 Å². The molecule has 0 saturated heterocycles. The van der Waals surface area contributed by atoms with Crippen LogP contribution in [-0.2, 0) is 11.3 Å². The van der Waals surface area contributed by atoms with Crippen LogP contribution < -0.4 is 10.2 Å². The van der Waals surface area contributed by atoms with Gasteiger partial charge < -0.3 is 10.2 Å². The minimum absolute atomic E-state index is 0.0108. The Kier molecular flexibility index (Phi) is 2.83. The molecule has 0 radical (unpaired) electrons. The minimum Gasteiger partial charge on any atom is -0.378 e. The molecule has 0 bridgehead atoms. The van der Waals surface area contributed by atoms with E-state index >= 15 is 0 Å². The third-order valence-electron chi connectivity index (χ3n) is 4.42. The zero-order chi connectivity index (χ0) is 15.3. The number of benzene rings is 1. The molecule has 3 aliphatic rings. The Morgan fingerprint density at radius 2 is 1.91 bits per heavy atom. The van der Waals surface area contributed by atoms with Gasteiger partial charge >= 0.3 is 0 Å². The summed E-state index contributed by atoms with van der Waals surface area (Å²) in [6.07, 6.45) is 7.28. The number of hydrogen-bond donors (Lipinski definition) is 1. The van der Waals surface area contributed by atoms with Crippen LogP contribution in [0.4, 0.5) is 5.69 Å². The zero-order valence-electron chi connectivity index (χ0n) is 12.8. The predicted molar refractivity (Wildman–Crippen MR) is 88.5 cm³/mol. The third kappa shape index (κ3) is 2.10. The Hall–Kier alpha value is -2.55. The van der Waals surface area contributed by atoms with E-state index in [1.807, 2.05) is 20.2 Å². The maximum absolute atomic E-state index is 12.4. The highest BCUT2D eigenvalue weighted by Crippen LogP contribution is 2.51. The fourth-order valence-electron chi connectivity index (χ4n) is 3.02. The number of allylic oxidation sites excluding steroid dienone is 6. The molecular weight excluding hydrogens is 272 g/mol. The third-order valence-corrected chi connectivity index (χ3v) is 4.42. The molecule has 1 amide bonds. The fraction of sp³-hybridized carbons (Fsp3) is 0.211. The van der Waals surface area contributed by atoms with Gasteiger partial charge in [-0.05, 0) is 58.6 Å². The van der Waals surface area contributed by atoms with E-state index in [0.29, 0.717) is 6.54 Å². The van der Waals surface area contributed by atoms with E-state index in [1.54, 1.807) is 0 Å². The molecule has 0 unspecified atom stereocenters. The van der Waals surface area contributed by atoms with Gasteiger partial charge in [0.25, 0.3) is 5.91 Å².